The first-order valence-corrected chi connectivity index (χ1v) is 5.01. The minimum absolute atomic E-state index is 0.299. The largest absolute Gasteiger partial charge is 0.508 e. The highest BCUT2D eigenvalue weighted by Crippen LogP contribution is 2.27. The zero-order valence-electron chi connectivity index (χ0n) is 9.27. The monoisotopic (exact) mass is 215 g/mol. The molecule has 0 aliphatic rings. The molecular weight excluding hydrogens is 202 g/mol. The third kappa shape index (κ3) is 1.98. The number of rotatable bonds is 2. The fourth-order valence-corrected chi connectivity index (χ4v) is 1.49. The molecule has 0 unspecified atom stereocenters. The SMILES string of the molecule is COc1cc(-c2ccc(C)c(O)c2)ccn1. The lowest BCUT2D eigenvalue weighted by Crippen LogP contribution is -1.87. The average molecular weight is 215 g/mol. The summed E-state index contributed by atoms with van der Waals surface area (Å²) in [7, 11) is 1.58. The highest BCUT2D eigenvalue weighted by molar-refractivity contribution is 5.66. The molecule has 3 nitrogen and oxygen atoms in total. The quantitative estimate of drug-likeness (QED) is 0.837. The number of aryl methyl sites for hydroxylation is 1. The minimum atomic E-state index is 0.299. The van der Waals surface area contributed by atoms with Crippen LogP contribution >= 0.6 is 0 Å². The molecule has 3 heteroatoms. The van der Waals surface area contributed by atoms with Gasteiger partial charge in [0.05, 0.1) is 7.11 Å². The lowest BCUT2D eigenvalue weighted by Gasteiger charge is -2.05. The summed E-state index contributed by atoms with van der Waals surface area (Å²) in [6.07, 6.45) is 1.69. The van der Waals surface area contributed by atoms with Crippen LogP contribution in [0.4, 0.5) is 0 Å². The fraction of sp³-hybridized carbons (Fsp3) is 0.154. The van der Waals surface area contributed by atoms with Crippen LogP contribution in [-0.4, -0.2) is 17.2 Å². The van der Waals surface area contributed by atoms with E-state index in [4.69, 9.17) is 4.74 Å². The van der Waals surface area contributed by atoms with E-state index in [1.165, 1.54) is 0 Å². The number of aromatic hydroxyl groups is 1. The molecule has 0 amide bonds. The molecular formula is C13H13NO2. The summed E-state index contributed by atoms with van der Waals surface area (Å²) in [6, 6.07) is 9.31. The Bertz CT molecular complexity index is 509. The molecule has 16 heavy (non-hydrogen) atoms. The molecule has 1 heterocycles. The molecule has 0 saturated carbocycles. The number of ether oxygens (including phenoxy) is 1. The number of nitrogens with zero attached hydrogens (tertiary/aromatic N) is 1. The number of methoxy groups -OCH3 is 1. The predicted octanol–water partition coefficient (Wildman–Crippen LogP) is 2.77. The van der Waals surface area contributed by atoms with Gasteiger partial charge in [-0.2, -0.15) is 0 Å². The molecule has 0 fully saturated rings. The van der Waals surface area contributed by atoms with Crippen molar-refractivity contribution < 1.29 is 9.84 Å². The van der Waals surface area contributed by atoms with Crippen molar-refractivity contribution in [2.75, 3.05) is 7.11 Å². The van der Waals surface area contributed by atoms with Gasteiger partial charge in [0.25, 0.3) is 0 Å². The van der Waals surface area contributed by atoms with E-state index >= 15 is 0 Å². The summed E-state index contributed by atoms with van der Waals surface area (Å²) >= 11 is 0. The van der Waals surface area contributed by atoms with E-state index in [0.717, 1.165) is 16.7 Å². The molecule has 82 valence electrons. The molecule has 1 aromatic heterocycles. The third-order valence-electron chi connectivity index (χ3n) is 2.49. The number of hydrogen-bond donors (Lipinski definition) is 1. The summed E-state index contributed by atoms with van der Waals surface area (Å²) in [5.74, 6) is 0.867. The van der Waals surface area contributed by atoms with Crippen LogP contribution in [0.25, 0.3) is 11.1 Å². The van der Waals surface area contributed by atoms with Gasteiger partial charge in [-0.25, -0.2) is 4.98 Å². The Morgan fingerprint density at radius 1 is 1.12 bits per heavy atom. The number of pyridine rings is 1. The summed E-state index contributed by atoms with van der Waals surface area (Å²) < 4.78 is 5.06. The molecule has 0 radical (unpaired) electrons. The Kier molecular flexibility index (Phi) is 2.77. The number of aromatic nitrogens is 1. The van der Waals surface area contributed by atoms with Crippen LogP contribution in [0.5, 0.6) is 11.6 Å². The van der Waals surface area contributed by atoms with Crippen LogP contribution in [0, 0.1) is 6.92 Å². The lowest BCUT2D eigenvalue weighted by atomic mass is 10.0. The topological polar surface area (TPSA) is 42.4 Å². The molecule has 0 spiro atoms. The molecule has 0 aliphatic carbocycles. The zero-order valence-corrected chi connectivity index (χ0v) is 9.27. The van der Waals surface area contributed by atoms with Crippen molar-refractivity contribution in [1.29, 1.82) is 0 Å². The summed E-state index contributed by atoms with van der Waals surface area (Å²) in [4.78, 5) is 4.04. The maximum atomic E-state index is 9.64. The second-order valence-electron chi connectivity index (χ2n) is 3.59. The van der Waals surface area contributed by atoms with E-state index in [1.54, 1.807) is 19.4 Å². The zero-order chi connectivity index (χ0) is 11.5. The summed E-state index contributed by atoms with van der Waals surface area (Å²) in [5, 5.41) is 9.64. The predicted molar refractivity (Wildman–Crippen MR) is 62.6 cm³/mol. The van der Waals surface area contributed by atoms with Gasteiger partial charge in [0.15, 0.2) is 0 Å². The van der Waals surface area contributed by atoms with Gasteiger partial charge >= 0.3 is 0 Å². The van der Waals surface area contributed by atoms with Crippen LogP contribution in [0.2, 0.25) is 0 Å². The van der Waals surface area contributed by atoms with Crippen molar-refractivity contribution in [3.8, 4) is 22.8 Å². The van der Waals surface area contributed by atoms with Gasteiger partial charge in [0.1, 0.15) is 5.75 Å². The molecule has 2 rings (SSSR count). The minimum Gasteiger partial charge on any atom is -0.508 e. The van der Waals surface area contributed by atoms with Gasteiger partial charge in [-0.05, 0) is 35.7 Å². The maximum absolute atomic E-state index is 9.64. The van der Waals surface area contributed by atoms with Gasteiger partial charge in [0, 0.05) is 12.3 Å². The number of phenolic OH excluding ortho intramolecular Hbond substituents is 1. The first kappa shape index (κ1) is 10.5. The Morgan fingerprint density at radius 3 is 2.56 bits per heavy atom. The first-order valence-electron chi connectivity index (χ1n) is 5.01. The average Bonchev–Trinajstić information content (AvgIpc) is 2.33. The van der Waals surface area contributed by atoms with E-state index in [9.17, 15) is 5.11 Å². The van der Waals surface area contributed by atoms with Crippen molar-refractivity contribution in [1.82, 2.24) is 4.98 Å². The molecule has 1 aromatic carbocycles. The van der Waals surface area contributed by atoms with Crippen molar-refractivity contribution in [2.24, 2.45) is 0 Å². The Morgan fingerprint density at radius 2 is 1.88 bits per heavy atom. The van der Waals surface area contributed by atoms with Crippen LogP contribution < -0.4 is 4.74 Å². The number of benzene rings is 1. The molecule has 2 aromatic rings. The van der Waals surface area contributed by atoms with Crippen LogP contribution in [0.1, 0.15) is 5.56 Å². The molecule has 0 bridgehead atoms. The summed E-state index contributed by atoms with van der Waals surface area (Å²) in [6.45, 7) is 1.87. The molecule has 0 saturated heterocycles. The normalized spacial score (nSPS) is 10.1. The Labute approximate surface area is 94.3 Å². The highest BCUT2D eigenvalue weighted by Gasteiger charge is 2.03. The fourth-order valence-electron chi connectivity index (χ4n) is 1.49. The third-order valence-corrected chi connectivity index (χ3v) is 2.49. The second kappa shape index (κ2) is 4.23. The van der Waals surface area contributed by atoms with Crippen LogP contribution in [-0.2, 0) is 0 Å². The van der Waals surface area contributed by atoms with Gasteiger partial charge in [0.2, 0.25) is 5.88 Å². The van der Waals surface area contributed by atoms with Gasteiger partial charge in [-0.1, -0.05) is 12.1 Å². The Hall–Kier alpha value is -2.03. The molecule has 0 atom stereocenters. The van der Waals surface area contributed by atoms with Gasteiger partial charge < -0.3 is 9.84 Å². The highest BCUT2D eigenvalue weighted by atomic mass is 16.5. The van der Waals surface area contributed by atoms with Crippen LogP contribution in [0.3, 0.4) is 0 Å². The van der Waals surface area contributed by atoms with Crippen molar-refractivity contribution in [2.45, 2.75) is 6.92 Å². The van der Waals surface area contributed by atoms with Crippen molar-refractivity contribution in [3.05, 3.63) is 42.1 Å². The van der Waals surface area contributed by atoms with Gasteiger partial charge in [-0.3, -0.25) is 0 Å². The van der Waals surface area contributed by atoms with E-state index in [-0.39, 0.29) is 0 Å². The van der Waals surface area contributed by atoms with Crippen molar-refractivity contribution in [3.63, 3.8) is 0 Å². The van der Waals surface area contributed by atoms with E-state index < -0.39 is 0 Å². The number of hydrogen-bond acceptors (Lipinski definition) is 3. The standard InChI is InChI=1S/C13H13NO2/c1-9-3-4-10(7-12(9)15)11-5-6-14-13(8-11)16-2/h3-8,15H,1-2H3. The first-order chi connectivity index (χ1) is 7.70. The maximum Gasteiger partial charge on any atom is 0.213 e. The molecule has 0 aliphatic heterocycles. The summed E-state index contributed by atoms with van der Waals surface area (Å²) in [5.41, 5.74) is 2.79. The van der Waals surface area contributed by atoms with Gasteiger partial charge in [-0.15, -0.1) is 0 Å². The van der Waals surface area contributed by atoms with E-state index in [1.807, 2.05) is 31.2 Å². The van der Waals surface area contributed by atoms with Crippen LogP contribution in [0.15, 0.2) is 36.5 Å². The van der Waals surface area contributed by atoms with E-state index in [2.05, 4.69) is 4.98 Å². The smallest absolute Gasteiger partial charge is 0.213 e. The second-order valence-corrected chi connectivity index (χ2v) is 3.59. The van der Waals surface area contributed by atoms with E-state index in [0.29, 0.717) is 11.6 Å². The Balaban J connectivity index is 2.46. The van der Waals surface area contributed by atoms with Crippen molar-refractivity contribution >= 4 is 0 Å². The number of phenols is 1. The lowest BCUT2D eigenvalue weighted by molar-refractivity contribution is 0.398. The molecule has 1 N–H and O–H groups in total.